The molecule has 0 radical (unpaired) electrons. The highest BCUT2D eigenvalue weighted by atomic mass is 16.4. The third-order valence-electron chi connectivity index (χ3n) is 3.22. The van der Waals surface area contributed by atoms with E-state index in [0.29, 0.717) is 12.3 Å². The summed E-state index contributed by atoms with van der Waals surface area (Å²) in [5.74, 6) is -0.966. The van der Waals surface area contributed by atoms with E-state index in [0.717, 1.165) is 18.5 Å². The highest BCUT2D eigenvalue weighted by Crippen LogP contribution is 2.33. The first kappa shape index (κ1) is 12.6. The number of hydrogen-bond acceptors (Lipinski definition) is 3. The fourth-order valence-electron chi connectivity index (χ4n) is 1.81. The number of aliphatic carboxylic acids is 1. The first-order chi connectivity index (χ1) is 8.47. The lowest BCUT2D eigenvalue weighted by Crippen LogP contribution is -2.41. The lowest BCUT2D eigenvalue weighted by molar-refractivity contribution is -0.139. The smallest absolute Gasteiger partial charge is 0.326 e. The van der Waals surface area contributed by atoms with Crippen molar-refractivity contribution < 1.29 is 14.7 Å². The summed E-state index contributed by atoms with van der Waals surface area (Å²) >= 11 is 0. The molecule has 2 N–H and O–H groups in total. The highest BCUT2D eigenvalue weighted by Gasteiger charge is 2.30. The van der Waals surface area contributed by atoms with Gasteiger partial charge in [0.15, 0.2) is 0 Å². The van der Waals surface area contributed by atoms with E-state index in [2.05, 4.69) is 10.4 Å². The van der Waals surface area contributed by atoms with E-state index in [1.807, 2.05) is 6.92 Å². The minimum absolute atomic E-state index is 0.261. The van der Waals surface area contributed by atoms with Gasteiger partial charge in [-0.15, -0.1) is 0 Å². The molecule has 2 rings (SSSR count). The molecule has 1 unspecified atom stereocenters. The third-order valence-corrected chi connectivity index (χ3v) is 3.22. The maximum Gasteiger partial charge on any atom is 0.326 e. The van der Waals surface area contributed by atoms with Crippen LogP contribution in [-0.2, 0) is 11.8 Å². The Morgan fingerprint density at radius 2 is 2.28 bits per heavy atom. The third kappa shape index (κ3) is 2.88. The van der Waals surface area contributed by atoms with Gasteiger partial charge in [0.2, 0.25) is 0 Å². The fraction of sp³-hybridized carbons (Fsp3) is 0.583. The minimum Gasteiger partial charge on any atom is -0.480 e. The van der Waals surface area contributed by atoms with E-state index in [9.17, 15) is 9.59 Å². The predicted molar refractivity (Wildman–Crippen MR) is 64.2 cm³/mol. The summed E-state index contributed by atoms with van der Waals surface area (Å²) in [5, 5.41) is 15.6. The van der Waals surface area contributed by atoms with Crippen LogP contribution in [-0.4, -0.2) is 32.8 Å². The molecule has 1 aromatic rings. The molecule has 1 aliphatic carbocycles. The number of carbonyl (C=O) groups is 2. The summed E-state index contributed by atoms with van der Waals surface area (Å²) in [6, 6.07) is 0.832. The van der Waals surface area contributed by atoms with Crippen molar-refractivity contribution in [1.82, 2.24) is 15.1 Å². The van der Waals surface area contributed by atoms with Crippen molar-refractivity contribution >= 4 is 11.9 Å². The van der Waals surface area contributed by atoms with E-state index < -0.39 is 17.9 Å². The van der Waals surface area contributed by atoms with Crippen LogP contribution in [0.3, 0.4) is 0 Å². The van der Waals surface area contributed by atoms with Crippen LogP contribution in [0.1, 0.15) is 35.4 Å². The number of nitrogens with zero attached hydrogens (tertiary/aromatic N) is 2. The Kier molecular flexibility index (Phi) is 3.36. The Bertz CT molecular complexity index is 457. The maximum atomic E-state index is 11.9. The standard InChI is InChI=1S/C12H17N3O3/c1-7-5-9(14-15(7)2)11(16)13-10(12(17)18)6-8-3-4-8/h5,8,10H,3-4,6H2,1-2H3,(H,13,16)(H,17,18). The molecule has 0 spiro atoms. The van der Waals surface area contributed by atoms with Crippen molar-refractivity contribution in [2.75, 3.05) is 0 Å². The van der Waals surface area contributed by atoms with Gasteiger partial charge < -0.3 is 10.4 Å². The fourth-order valence-corrected chi connectivity index (χ4v) is 1.81. The lowest BCUT2D eigenvalue weighted by atomic mass is 10.1. The number of rotatable bonds is 5. The zero-order chi connectivity index (χ0) is 13.3. The number of aromatic nitrogens is 2. The van der Waals surface area contributed by atoms with Crippen LogP contribution in [0.5, 0.6) is 0 Å². The second-order valence-electron chi connectivity index (χ2n) is 4.84. The van der Waals surface area contributed by atoms with Crippen molar-refractivity contribution in [1.29, 1.82) is 0 Å². The Labute approximate surface area is 105 Å². The topological polar surface area (TPSA) is 84.2 Å². The maximum absolute atomic E-state index is 11.9. The zero-order valence-corrected chi connectivity index (χ0v) is 10.5. The number of nitrogens with one attached hydrogen (secondary N) is 1. The summed E-state index contributed by atoms with van der Waals surface area (Å²) in [5.41, 5.74) is 1.12. The highest BCUT2D eigenvalue weighted by molar-refractivity contribution is 5.95. The van der Waals surface area contributed by atoms with Crippen molar-refractivity contribution in [3.8, 4) is 0 Å². The molecule has 6 heteroatoms. The summed E-state index contributed by atoms with van der Waals surface area (Å²) in [4.78, 5) is 22.9. The van der Waals surface area contributed by atoms with Crippen molar-refractivity contribution in [2.45, 2.75) is 32.2 Å². The van der Waals surface area contributed by atoms with Crippen LogP contribution in [0.15, 0.2) is 6.07 Å². The van der Waals surface area contributed by atoms with Crippen LogP contribution in [0.2, 0.25) is 0 Å². The van der Waals surface area contributed by atoms with Gasteiger partial charge in [-0.05, 0) is 25.3 Å². The zero-order valence-electron chi connectivity index (χ0n) is 10.5. The van der Waals surface area contributed by atoms with Gasteiger partial charge in [-0.2, -0.15) is 5.10 Å². The SMILES string of the molecule is Cc1cc(C(=O)NC(CC2CC2)C(=O)O)nn1C. The van der Waals surface area contributed by atoms with E-state index in [1.54, 1.807) is 17.8 Å². The van der Waals surface area contributed by atoms with Crippen LogP contribution in [0.4, 0.5) is 0 Å². The van der Waals surface area contributed by atoms with Gasteiger partial charge >= 0.3 is 5.97 Å². The first-order valence-corrected chi connectivity index (χ1v) is 6.01. The van der Waals surface area contributed by atoms with Gasteiger partial charge in [0, 0.05) is 12.7 Å². The minimum atomic E-state index is -0.983. The molecule has 0 aromatic carbocycles. The van der Waals surface area contributed by atoms with Gasteiger partial charge in [-0.1, -0.05) is 12.8 Å². The van der Waals surface area contributed by atoms with Crippen LogP contribution in [0, 0.1) is 12.8 Å². The van der Waals surface area contributed by atoms with Gasteiger partial charge in [0.1, 0.15) is 11.7 Å². The molecular weight excluding hydrogens is 234 g/mol. The van der Waals surface area contributed by atoms with Crippen LogP contribution in [0.25, 0.3) is 0 Å². The van der Waals surface area contributed by atoms with E-state index in [4.69, 9.17) is 5.11 Å². The monoisotopic (exact) mass is 251 g/mol. The Balaban J connectivity index is 2.01. The number of amides is 1. The van der Waals surface area contributed by atoms with Gasteiger partial charge in [0.05, 0.1) is 0 Å². The molecule has 1 atom stereocenters. The summed E-state index contributed by atoms with van der Waals surface area (Å²) < 4.78 is 1.59. The van der Waals surface area contributed by atoms with E-state index >= 15 is 0 Å². The molecule has 0 bridgehead atoms. The summed E-state index contributed by atoms with van der Waals surface area (Å²) in [6.07, 6.45) is 2.62. The normalized spacial score (nSPS) is 16.3. The molecule has 98 valence electrons. The van der Waals surface area contributed by atoms with Crippen molar-refractivity contribution in [3.05, 3.63) is 17.5 Å². The molecule has 18 heavy (non-hydrogen) atoms. The number of carboxylic acid groups (broad SMARTS) is 1. The summed E-state index contributed by atoms with van der Waals surface area (Å²) in [7, 11) is 1.74. The average Bonchev–Trinajstić information content (AvgIpc) is 3.04. The second-order valence-corrected chi connectivity index (χ2v) is 4.84. The summed E-state index contributed by atoms with van der Waals surface area (Å²) in [6.45, 7) is 1.84. The van der Waals surface area contributed by atoms with E-state index in [1.165, 1.54) is 0 Å². The van der Waals surface area contributed by atoms with Crippen molar-refractivity contribution in [2.24, 2.45) is 13.0 Å². The molecule has 6 nitrogen and oxygen atoms in total. The quantitative estimate of drug-likeness (QED) is 0.807. The Morgan fingerprint density at radius 1 is 1.61 bits per heavy atom. The van der Waals surface area contributed by atoms with Crippen LogP contribution < -0.4 is 5.32 Å². The predicted octanol–water partition coefficient (Wildman–Crippen LogP) is 0.712. The molecule has 1 aliphatic rings. The molecule has 0 saturated heterocycles. The average molecular weight is 251 g/mol. The molecule has 0 aliphatic heterocycles. The largest absolute Gasteiger partial charge is 0.480 e. The number of carbonyl (C=O) groups excluding carboxylic acids is 1. The molecule has 1 amide bonds. The Hall–Kier alpha value is -1.85. The Morgan fingerprint density at radius 3 is 2.72 bits per heavy atom. The van der Waals surface area contributed by atoms with Gasteiger partial charge in [-0.25, -0.2) is 4.79 Å². The van der Waals surface area contributed by atoms with Crippen LogP contribution >= 0.6 is 0 Å². The second kappa shape index (κ2) is 4.80. The van der Waals surface area contributed by atoms with Gasteiger partial charge in [-0.3, -0.25) is 9.48 Å². The molecule has 1 aromatic heterocycles. The number of hydrogen-bond donors (Lipinski definition) is 2. The molecule has 1 saturated carbocycles. The number of aryl methyl sites for hydroxylation is 2. The molecular formula is C12H17N3O3. The number of carboxylic acids is 1. The lowest BCUT2D eigenvalue weighted by Gasteiger charge is -2.12. The first-order valence-electron chi connectivity index (χ1n) is 6.01. The van der Waals surface area contributed by atoms with E-state index in [-0.39, 0.29) is 5.69 Å². The van der Waals surface area contributed by atoms with Gasteiger partial charge in [0.25, 0.3) is 5.91 Å². The molecule has 1 fully saturated rings. The molecule has 1 heterocycles. The van der Waals surface area contributed by atoms with Crippen molar-refractivity contribution in [3.63, 3.8) is 0 Å².